The fraction of sp³-hybridized carbons (Fsp3) is 0.235. The zero-order chi connectivity index (χ0) is 16.7. The molecule has 0 saturated heterocycles. The summed E-state index contributed by atoms with van der Waals surface area (Å²) < 4.78 is 0. The Bertz CT molecular complexity index is 686. The number of nitrogens with one attached hydrogen (secondary N) is 1. The zero-order valence-electron chi connectivity index (χ0n) is 12.8. The van der Waals surface area contributed by atoms with Crippen molar-refractivity contribution in [2.75, 3.05) is 12.3 Å². The Labute approximate surface area is 139 Å². The van der Waals surface area contributed by atoms with Crippen LogP contribution in [0.4, 0.5) is 5.69 Å². The van der Waals surface area contributed by atoms with E-state index in [-0.39, 0.29) is 11.3 Å². The Hall–Kier alpha value is -2.34. The summed E-state index contributed by atoms with van der Waals surface area (Å²) in [5, 5.41) is 13.6. The predicted molar refractivity (Wildman–Crippen MR) is 92.8 cm³/mol. The summed E-state index contributed by atoms with van der Waals surface area (Å²) in [7, 11) is 0. The molecule has 0 aromatic heterocycles. The lowest BCUT2D eigenvalue weighted by molar-refractivity contribution is -0.385. The number of hydrogen-bond acceptors (Lipinski definition) is 4. The van der Waals surface area contributed by atoms with Crippen molar-refractivity contribution in [3.8, 4) is 0 Å². The van der Waals surface area contributed by atoms with Gasteiger partial charge in [-0.25, -0.2) is 0 Å². The summed E-state index contributed by atoms with van der Waals surface area (Å²) >= 11 is 1.71. The second kappa shape index (κ2) is 8.33. The smallest absolute Gasteiger partial charge is 0.282 e. The topological polar surface area (TPSA) is 72.2 Å². The number of benzene rings is 2. The van der Waals surface area contributed by atoms with E-state index in [2.05, 4.69) is 36.5 Å². The molecule has 120 valence electrons. The van der Waals surface area contributed by atoms with Crippen LogP contribution in [0.25, 0.3) is 0 Å². The van der Waals surface area contributed by atoms with Crippen LogP contribution in [-0.2, 0) is 5.75 Å². The minimum absolute atomic E-state index is 0.0982. The summed E-state index contributed by atoms with van der Waals surface area (Å²) in [5.41, 5.74) is 2.40. The van der Waals surface area contributed by atoms with Crippen molar-refractivity contribution in [3.63, 3.8) is 0 Å². The van der Waals surface area contributed by atoms with Gasteiger partial charge in [0.25, 0.3) is 11.6 Å². The number of nitrogens with zero attached hydrogens (tertiary/aromatic N) is 1. The number of para-hydroxylation sites is 1. The number of rotatable bonds is 7. The average molecular weight is 330 g/mol. The molecular formula is C17H18N2O3S. The number of hydrogen-bond donors (Lipinski definition) is 1. The number of nitro groups is 1. The molecule has 0 spiro atoms. The van der Waals surface area contributed by atoms with Crippen LogP contribution in [0, 0.1) is 17.0 Å². The summed E-state index contributed by atoms with van der Waals surface area (Å²) in [4.78, 5) is 22.4. The van der Waals surface area contributed by atoms with Crippen molar-refractivity contribution in [2.45, 2.75) is 12.7 Å². The highest BCUT2D eigenvalue weighted by atomic mass is 32.2. The molecule has 2 aromatic carbocycles. The van der Waals surface area contributed by atoms with Gasteiger partial charge in [0.2, 0.25) is 0 Å². The summed E-state index contributed by atoms with van der Waals surface area (Å²) in [6.45, 7) is 2.52. The van der Waals surface area contributed by atoms with Gasteiger partial charge in [-0.05, 0) is 18.6 Å². The Morgan fingerprint density at radius 3 is 2.57 bits per heavy atom. The maximum Gasteiger partial charge on any atom is 0.282 e. The SMILES string of the molecule is Cc1ccc(CSCCNC(=O)c2ccccc2[N+](=O)[O-])cc1. The Balaban J connectivity index is 1.77. The first-order valence-corrected chi connectivity index (χ1v) is 8.38. The standard InChI is InChI=1S/C17H18N2O3S/c1-13-6-8-14(9-7-13)12-23-11-10-18-17(20)15-4-2-3-5-16(15)19(21)22/h2-9H,10-12H2,1H3,(H,18,20). The van der Waals surface area contributed by atoms with Crippen LogP contribution >= 0.6 is 11.8 Å². The third kappa shape index (κ3) is 5.10. The number of thioether (sulfide) groups is 1. The van der Waals surface area contributed by atoms with Crippen LogP contribution in [0.3, 0.4) is 0 Å². The van der Waals surface area contributed by atoms with Crippen LogP contribution in [0.5, 0.6) is 0 Å². The van der Waals surface area contributed by atoms with Crippen LogP contribution in [-0.4, -0.2) is 23.1 Å². The predicted octanol–water partition coefficient (Wildman–Crippen LogP) is 3.57. The zero-order valence-corrected chi connectivity index (χ0v) is 13.6. The lowest BCUT2D eigenvalue weighted by Crippen LogP contribution is -2.26. The minimum Gasteiger partial charge on any atom is -0.351 e. The molecule has 5 nitrogen and oxygen atoms in total. The lowest BCUT2D eigenvalue weighted by Gasteiger charge is -2.06. The first-order valence-electron chi connectivity index (χ1n) is 7.23. The Kier molecular flexibility index (Phi) is 6.17. The molecule has 1 amide bonds. The molecular weight excluding hydrogens is 312 g/mol. The maximum atomic E-state index is 12.0. The lowest BCUT2D eigenvalue weighted by atomic mass is 10.1. The van der Waals surface area contributed by atoms with Crippen LogP contribution in [0.1, 0.15) is 21.5 Å². The van der Waals surface area contributed by atoms with Gasteiger partial charge in [0.1, 0.15) is 5.56 Å². The van der Waals surface area contributed by atoms with E-state index >= 15 is 0 Å². The largest absolute Gasteiger partial charge is 0.351 e. The van der Waals surface area contributed by atoms with Crippen LogP contribution < -0.4 is 5.32 Å². The van der Waals surface area contributed by atoms with Gasteiger partial charge in [-0.3, -0.25) is 14.9 Å². The first-order chi connectivity index (χ1) is 11.1. The summed E-state index contributed by atoms with van der Waals surface area (Å²) in [6.07, 6.45) is 0. The molecule has 0 fully saturated rings. The molecule has 0 aliphatic rings. The molecule has 2 rings (SSSR count). The first kappa shape index (κ1) is 17.0. The van der Waals surface area contributed by atoms with E-state index in [1.165, 1.54) is 23.3 Å². The van der Waals surface area contributed by atoms with E-state index in [4.69, 9.17) is 0 Å². The van der Waals surface area contributed by atoms with Gasteiger partial charge in [-0.15, -0.1) is 0 Å². The van der Waals surface area contributed by atoms with Crippen molar-refractivity contribution < 1.29 is 9.72 Å². The molecule has 6 heteroatoms. The molecule has 0 unspecified atom stereocenters. The fourth-order valence-electron chi connectivity index (χ4n) is 2.03. The highest BCUT2D eigenvalue weighted by Crippen LogP contribution is 2.17. The van der Waals surface area contributed by atoms with E-state index in [9.17, 15) is 14.9 Å². The molecule has 0 radical (unpaired) electrons. The monoisotopic (exact) mass is 330 g/mol. The normalized spacial score (nSPS) is 10.3. The molecule has 0 aliphatic heterocycles. The Morgan fingerprint density at radius 2 is 1.87 bits per heavy atom. The van der Waals surface area contributed by atoms with Crippen molar-refractivity contribution in [3.05, 3.63) is 75.3 Å². The number of carbonyl (C=O) groups is 1. The molecule has 1 N–H and O–H groups in total. The second-order valence-corrected chi connectivity index (χ2v) is 6.17. The summed E-state index contributed by atoms with van der Waals surface area (Å²) in [5.74, 6) is 1.22. The minimum atomic E-state index is -0.541. The van der Waals surface area contributed by atoms with Gasteiger partial charge in [-0.1, -0.05) is 42.0 Å². The molecule has 0 bridgehead atoms. The van der Waals surface area contributed by atoms with Gasteiger partial charge < -0.3 is 5.32 Å². The van der Waals surface area contributed by atoms with E-state index in [0.29, 0.717) is 6.54 Å². The highest BCUT2D eigenvalue weighted by molar-refractivity contribution is 7.98. The van der Waals surface area contributed by atoms with Gasteiger partial charge in [-0.2, -0.15) is 11.8 Å². The molecule has 0 saturated carbocycles. The van der Waals surface area contributed by atoms with E-state index in [1.54, 1.807) is 23.9 Å². The third-order valence-corrected chi connectivity index (χ3v) is 4.30. The van der Waals surface area contributed by atoms with E-state index < -0.39 is 10.8 Å². The van der Waals surface area contributed by atoms with Gasteiger partial charge in [0, 0.05) is 24.1 Å². The van der Waals surface area contributed by atoms with Gasteiger partial charge >= 0.3 is 0 Å². The van der Waals surface area contributed by atoms with Crippen molar-refractivity contribution in [1.29, 1.82) is 0 Å². The van der Waals surface area contributed by atoms with Crippen molar-refractivity contribution >= 4 is 23.4 Å². The van der Waals surface area contributed by atoms with E-state index in [1.807, 2.05) is 0 Å². The maximum absolute atomic E-state index is 12.0. The quantitative estimate of drug-likeness (QED) is 0.478. The summed E-state index contributed by atoms with van der Waals surface area (Å²) in [6, 6.07) is 14.3. The molecule has 23 heavy (non-hydrogen) atoms. The molecule has 0 heterocycles. The fourth-order valence-corrected chi connectivity index (χ4v) is 2.85. The number of amides is 1. The van der Waals surface area contributed by atoms with Crippen LogP contribution in [0.15, 0.2) is 48.5 Å². The number of carbonyl (C=O) groups excluding carboxylic acids is 1. The number of nitro benzene ring substituents is 1. The molecule has 0 atom stereocenters. The van der Waals surface area contributed by atoms with Gasteiger partial charge in [0.05, 0.1) is 4.92 Å². The second-order valence-electron chi connectivity index (χ2n) is 5.07. The molecule has 0 aliphatic carbocycles. The molecule has 2 aromatic rings. The van der Waals surface area contributed by atoms with Crippen molar-refractivity contribution in [2.24, 2.45) is 0 Å². The van der Waals surface area contributed by atoms with Gasteiger partial charge in [0.15, 0.2) is 0 Å². The third-order valence-electron chi connectivity index (χ3n) is 3.27. The van der Waals surface area contributed by atoms with Crippen molar-refractivity contribution in [1.82, 2.24) is 5.32 Å². The highest BCUT2D eigenvalue weighted by Gasteiger charge is 2.18. The van der Waals surface area contributed by atoms with Crippen LogP contribution in [0.2, 0.25) is 0 Å². The number of aryl methyl sites for hydroxylation is 1. The Morgan fingerprint density at radius 1 is 1.17 bits per heavy atom. The average Bonchev–Trinajstić information content (AvgIpc) is 2.56. The van der Waals surface area contributed by atoms with E-state index in [0.717, 1.165) is 11.5 Å².